The molecule has 0 spiro atoms. The molecule has 0 fully saturated rings. The molecule has 2 aliphatic rings. The lowest BCUT2D eigenvalue weighted by atomic mass is 9.76. The van der Waals surface area contributed by atoms with Gasteiger partial charge >= 0.3 is 0 Å². The minimum absolute atomic E-state index is 0.0346. The first-order valence-electron chi connectivity index (χ1n) is 7.02. The van der Waals surface area contributed by atoms with Gasteiger partial charge in [-0.2, -0.15) is 0 Å². The highest BCUT2D eigenvalue weighted by Gasteiger charge is 2.46. The van der Waals surface area contributed by atoms with Crippen molar-refractivity contribution in [3.8, 4) is 0 Å². The third kappa shape index (κ3) is 1.89. The van der Waals surface area contributed by atoms with E-state index in [9.17, 15) is 9.59 Å². The summed E-state index contributed by atoms with van der Waals surface area (Å²) in [6, 6.07) is 8.01. The number of fused-ring (bicyclic) bond motifs is 1. The van der Waals surface area contributed by atoms with Crippen molar-refractivity contribution in [1.82, 2.24) is 4.90 Å². The average molecular weight is 269 g/mol. The highest BCUT2D eigenvalue weighted by molar-refractivity contribution is 6.13. The predicted octanol–water partition coefficient (Wildman–Crippen LogP) is 2.87. The molecule has 2 atom stereocenters. The molecule has 1 aliphatic carbocycles. The summed E-state index contributed by atoms with van der Waals surface area (Å²) in [7, 11) is 0. The maximum Gasteiger partial charge on any atom is 0.254 e. The van der Waals surface area contributed by atoms with Crippen LogP contribution in [0.25, 0.3) is 0 Å². The smallest absolute Gasteiger partial charge is 0.254 e. The number of imide groups is 1. The summed E-state index contributed by atoms with van der Waals surface area (Å²) >= 11 is 0. The van der Waals surface area contributed by atoms with Crippen LogP contribution < -0.4 is 0 Å². The van der Waals surface area contributed by atoms with E-state index in [2.05, 4.69) is 26.8 Å². The zero-order valence-corrected chi connectivity index (χ0v) is 12.1. The van der Waals surface area contributed by atoms with Gasteiger partial charge in [0.05, 0.1) is 6.04 Å². The summed E-state index contributed by atoms with van der Waals surface area (Å²) < 4.78 is 0. The van der Waals surface area contributed by atoms with Crippen LogP contribution in [0.4, 0.5) is 0 Å². The first kappa shape index (κ1) is 13.1. The summed E-state index contributed by atoms with van der Waals surface area (Å²) in [6.07, 6.45) is 3.67. The molecule has 0 saturated heterocycles. The lowest BCUT2D eigenvalue weighted by Gasteiger charge is -2.36. The van der Waals surface area contributed by atoms with Gasteiger partial charge < -0.3 is 0 Å². The highest BCUT2D eigenvalue weighted by Crippen LogP contribution is 2.49. The summed E-state index contributed by atoms with van der Waals surface area (Å²) in [5.74, 6) is -0.121. The highest BCUT2D eigenvalue weighted by atomic mass is 16.2. The average Bonchev–Trinajstić information content (AvgIpc) is 2.90. The zero-order valence-electron chi connectivity index (χ0n) is 12.1. The van der Waals surface area contributed by atoms with Crippen LogP contribution in [0.2, 0.25) is 0 Å². The van der Waals surface area contributed by atoms with Crippen LogP contribution in [0.15, 0.2) is 36.4 Å². The summed E-state index contributed by atoms with van der Waals surface area (Å²) in [4.78, 5) is 25.6. The second kappa shape index (κ2) is 4.30. The molecule has 104 valence electrons. The number of benzene rings is 1. The standard InChI is InChI=1S/C17H19NO2/c1-17(2,3)13-10-11-6-4-5-7-12(11)16(13)18-14(19)8-9-15(18)20/h4-9,13,16H,10H2,1-3H3/t13-,16-/m1/s1. The molecular weight excluding hydrogens is 250 g/mol. The molecule has 0 radical (unpaired) electrons. The number of hydrogen-bond donors (Lipinski definition) is 0. The van der Waals surface area contributed by atoms with E-state index in [0.29, 0.717) is 0 Å². The Bertz CT molecular complexity index is 592. The predicted molar refractivity (Wildman–Crippen MR) is 76.8 cm³/mol. The first-order chi connectivity index (χ1) is 9.39. The molecule has 1 heterocycles. The van der Waals surface area contributed by atoms with Crippen molar-refractivity contribution in [2.24, 2.45) is 11.3 Å². The van der Waals surface area contributed by atoms with Gasteiger partial charge in [-0.1, -0.05) is 45.0 Å². The van der Waals surface area contributed by atoms with Gasteiger partial charge in [0.2, 0.25) is 0 Å². The Morgan fingerprint density at radius 1 is 1.05 bits per heavy atom. The Hall–Kier alpha value is -1.90. The van der Waals surface area contributed by atoms with Crippen LogP contribution in [0.1, 0.15) is 37.9 Å². The molecule has 20 heavy (non-hydrogen) atoms. The molecule has 0 unspecified atom stereocenters. The molecule has 1 aromatic carbocycles. The van der Waals surface area contributed by atoms with Crippen LogP contribution in [-0.4, -0.2) is 16.7 Å². The minimum atomic E-state index is -0.189. The summed E-state index contributed by atoms with van der Waals surface area (Å²) in [5, 5.41) is 0. The third-order valence-electron chi connectivity index (χ3n) is 4.43. The molecule has 0 N–H and O–H groups in total. The molecule has 3 nitrogen and oxygen atoms in total. The fourth-order valence-electron chi connectivity index (χ4n) is 3.36. The Kier molecular flexibility index (Phi) is 2.82. The van der Waals surface area contributed by atoms with Gasteiger partial charge in [0, 0.05) is 12.2 Å². The Labute approximate surface area is 119 Å². The van der Waals surface area contributed by atoms with Crippen molar-refractivity contribution in [3.63, 3.8) is 0 Å². The van der Waals surface area contributed by atoms with Gasteiger partial charge in [0.15, 0.2) is 0 Å². The van der Waals surface area contributed by atoms with Gasteiger partial charge in [0.25, 0.3) is 11.8 Å². The van der Waals surface area contributed by atoms with Crippen molar-refractivity contribution < 1.29 is 9.59 Å². The summed E-state index contributed by atoms with van der Waals surface area (Å²) in [5.41, 5.74) is 2.41. The molecule has 0 bridgehead atoms. The van der Waals surface area contributed by atoms with E-state index in [1.807, 2.05) is 18.2 Å². The molecule has 3 rings (SSSR count). The van der Waals surface area contributed by atoms with Crippen molar-refractivity contribution >= 4 is 11.8 Å². The van der Waals surface area contributed by atoms with Crippen LogP contribution in [0.3, 0.4) is 0 Å². The van der Waals surface area contributed by atoms with E-state index < -0.39 is 0 Å². The van der Waals surface area contributed by atoms with Gasteiger partial charge in [-0.05, 0) is 28.9 Å². The third-order valence-corrected chi connectivity index (χ3v) is 4.43. The van der Waals surface area contributed by atoms with Crippen LogP contribution in [-0.2, 0) is 16.0 Å². The number of amides is 2. The normalized spacial score (nSPS) is 25.4. The largest absolute Gasteiger partial charge is 0.269 e. The lowest BCUT2D eigenvalue weighted by Crippen LogP contribution is -2.40. The van der Waals surface area contributed by atoms with E-state index >= 15 is 0 Å². The van der Waals surface area contributed by atoms with Crippen LogP contribution in [0, 0.1) is 11.3 Å². The Morgan fingerprint density at radius 3 is 2.25 bits per heavy atom. The van der Waals surface area contributed by atoms with Gasteiger partial charge in [0.1, 0.15) is 0 Å². The molecule has 1 aromatic rings. The summed E-state index contributed by atoms with van der Waals surface area (Å²) in [6.45, 7) is 6.53. The fourth-order valence-corrected chi connectivity index (χ4v) is 3.36. The van der Waals surface area contributed by atoms with Gasteiger partial charge in [-0.25, -0.2) is 0 Å². The Morgan fingerprint density at radius 2 is 1.65 bits per heavy atom. The number of rotatable bonds is 1. The second-order valence-electron chi connectivity index (χ2n) is 6.70. The maximum absolute atomic E-state index is 12.1. The molecule has 0 saturated carbocycles. The van der Waals surface area contributed by atoms with Crippen molar-refractivity contribution in [3.05, 3.63) is 47.5 Å². The zero-order chi connectivity index (χ0) is 14.5. The van der Waals surface area contributed by atoms with Gasteiger partial charge in [-0.15, -0.1) is 0 Å². The van der Waals surface area contributed by atoms with E-state index in [0.717, 1.165) is 12.0 Å². The van der Waals surface area contributed by atoms with E-state index in [1.165, 1.54) is 22.6 Å². The van der Waals surface area contributed by atoms with Gasteiger partial charge in [-0.3, -0.25) is 14.5 Å². The molecule has 2 amide bonds. The Balaban J connectivity index is 2.09. The first-order valence-corrected chi connectivity index (χ1v) is 7.02. The molecule has 1 aliphatic heterocycles. The maximum atomic E-state index is 12.1. The molecule has 3 heteroatoms. The molecular formula is C17H19NO2. The quantitative estimate of drug-likeness (QED) is 0.735. The van der Waals surface area contributed by atoms with Crippen molar-refractivity contribution in [1.29, 1.82) is 0 Å². The molecule has 0 aromatic heterocycles. The van der Waals surface area contributed by atoms with Crippen LogP contribution >= 0.6 is 0 Å². The SMILES string of the molecule is CC(C)(C)[C@@H]1Cc2ccccc2[C@H]1N1C(=O)C=CC1=O. The van der Waals surface area contributed by atoms with E-state index in [4.69, 9.17) is 0 Å². The second-order valence-corrected chi connectivity index (χ2v) is 6.70. The topological polar surface area (TPSA) is 37.4 Å². The van der Waals surface area contributed by atoms with Crippen LogP contribution in [0.5, 0.6) is 0 Å². The number of nitrogens with zero attached hydrogens (tertiary/aromatic N) is 1. The fraction of sp³-hybridized carbons (Fsp3) is 0.412. The van der Waals surface area contributed by atoms with E-state index in [1.54, 1.807) is 0 Å². The lowest BCUT2D eigenvalue weighted by molar-refractivity contribution is -0.141. The number of carbonyl (C=O) groups is 2. The monoisotopic (exact) mass is 269 g/mol. The number of hydrogen-bond acceptors (Lipinski definition) is 2. The minimum Gasteiger partial charge on any atom is -0.269 e. The van der Waals surface area contributed by atoms with E-state index in [-0.39, 0.29) is 29.2 Å². The van der Waals surface area contributed by atoms with Crippen molar-refractivity contribution in [2.45, 2.75) is 33.2 Å². The van der Waals surface area contributed by atoms with Crippen molar-refractivity contribution in [2.75, 3.05) is 0 Å². The number of carbonyl (C=O) groups excluding carboxylic acids is 2.